The van der Waals surface area contributed by atoms with E-state index in [9.17, 15) is 4.79 Å². The maximum Gasteiger partial charge on any atom is 0.368 e. The maximum absolute atomic E-state index is 12.1. The highest BCUT2D eigenvalue weighted by Gasteiger charge is 2.26. The van der Waals surface area contributed by atoms with Crippen molar-refractivity contribution in [1.29, 1.82) is 0 Å². The van der Waals surface area contributed by atoms with Gasteiger partial charge in [-0.05, 0) is 41.5 Å². The summed E-state index contributed by atoms with van der Waals surface area (Å²) in [5.41, 5.74) is 3.71. The van der Waals surface area contributed by atoms with Crippen molar-refractivity contribution in [2.24, 2.45) is 5.16 Å². The minimum Gasteiger partial charge on any atom is -0.489 e. The van der Waals surface area contributed by atoms with E-state index in [1.54, 1.807) is 6.08 Å². The highest BCUT2D eigenvalue weighted by Crippen LogP contribution is 2.23. The van der Waals surface area contributed by atoms with Crippen molar-refractivity contribution in [1.82, 2.24) is 0 Å². The van der Waals surface area contributed by atoms with Crippen molar-refractivity contribution in [2.45, 2.75) is 6.61 Å². The highest BCUT2D eigenvalue weighted by atomic mass is 79.9. The van der Waals surface area contributed by atoms with Gasteiger partial charge < -0.3 is 9.57 Å². The monoisotopic (exact) mass is 433 g/mol. The molecule has 0 atom stereocenters. The normalized spacial score (nSPS) is 14.7. The SMILES string of the molecule is O=C1ON=C(c2ccccc2)/C1=C\c1cccc(OCc2ccc(Br)cc2)c1. The standard InChI is InChI=1S/C23H16BrNO3/c24-19-11-9-16(10-12-19)15-27-20-8-4-5-17(13-20)14-21-22(25-28-23(21)26)18-6-2-1-3-7-18/h1-14H,15H2/b21-14+. The zero-order chi connectivity index (χ0) is 19.3. The Kier molecular flexibility index (Phi) is 5.35. The van der Waals surface area contributed by atoms with Crippen LogP contribution in [0.4, 0.5) is 0 Å². The second-order valence-electron chi connectivity index (χ2n) is 6.23. The molecule has 5 heteroatoms. The van der Waals surface area contributed by atoms with Gasteiger partial charge in [0, 0.05) is 10.0 Å². The van der Waals surface area contributed by atoms with Gasteiger partial charge in [0.25, 0.3) is 0 Å². The van der Waals surface area contributed by atoms with Crippen molar-refractivity contribution in [3.8, 4) is 5.75 Å². The van der Waals surface area contributed by atoms with Gasteiger partial charge in [0.15, 0.2) is 0 Å². The second-order valence-corrected chi connectivity index (χ2v) is 7.15. The Labute approximate surface area is 171 Å². The fourth-order valence-electron chi connectivity index (χ4n) is 2.82. The molecule has 3 aromatic rings. The summed E-state index contributed by atoms with van der Waals surface area (Å²) in [5.74, 6) is 0.266. The molecular formula is C23H16BrNO3. The smallest absolute Gasteiger partial charge is 0.368 e. The van der Waals surface area contributed by atoms with Crippen molar-refractivity contribution >= 4 is 33.7 Å². The summed E-state index contributed by atoms with van der Waals surface area (Å²) in [5, 5.41) is 3.93. The number of benzene rings is 3. The first-order chi connectivity index (χ1) is 13.7. The fraction of sp³-hybridized carbons (Fsp3) is 0.0435. The van der Waals surface area contributed by atoms with Gasteiger partial charge in [-0.3, -0.25) is 0 Å². The third-order valence-electron chi connectivity index (χ3n) is 4.23. The fourth-order valence-corrected chi connectivity index (χ4v) is 3.09. The Bertz CT molecular complexity index is 1060. The number of rotatable bonds is 5. The molecule has 0 radical (unpaired) electrons. The molecule has 3 aromatic carbocycles. The Hall–Kier alpha value is -3.18. The molecule has 0 N–H and O–H groups in total. The van der Waals surface area contributed by atoms with E-state index in [0.29, 0.717) is 17.9 Å². The highest BCUT2D eigenvalue weighted by molar-refractivity contribution is 9.10. The number of oxime groups is 1. The van der Waals surface area contributed by atoms with Crippen molar-refractivity contribution in [2.75, 3.05) is 0 Å². The number of carbonyl (C=O) groups is 1. The third kappa shape index (κ3) is 4.21. The summed E-state index contributed by atoms with van der Waals surface area (Å²) in [6, 6.07) is 25.1. The van der Waals surface area contributed by atoms with Crippen LogP contribution >= 0.6 is 15.9 Å². The van der Waals surface area contributed by atoms with Gasteiger partial charge in [-0.25, -0.2) is 4.79 Å². The summed E-state index contributed by atoms with van der Waals surface area (Å²) in [6.07, 6.45) is 1.77. The molecule has 138 valence electrons. The third-order valence-corrected chi connectivity index (χ3v) is 4.76. The predicted molar refractivity (Wildman–Crippen MR) is 112 cm³/mol. The van der Waals surface area contributed by atoms with Crippen molar-refractivity contribution < 1.29 is 14.4 Å². The first-order valence-corrected chi connectivity index (χ1v) is 9.52. The van der Waals surface area contributed by atoms with Crippen LogP contribution in [-0.4, -0.2) is 11.7 Å². The Morgan fingerprint density at radius 3 is 2.54 bits per heavy atom. The molecule has 0 unspecified atom stereocenters. The molecule has 28 heavy (non-hydrogen) atoms. The van der Waals surface area contributed by atoms with Crippen LogP contribution in [-0.2, 0) is 16.2 Å². The minimum absolute atomic E-state index is 0.427. The molecule has 0 aliphatic carbocycles. The minimum atomic E-state index is -0.458. The van der Waals surface area contributed by atoms with Crippen molar-refractivity contribution in [3.05, 3.63) is 106 Å². The molecular weight excluding hydrogens is 418 g/mol. The molecule has 0 saturated carbocycles. The van der Waals surface area contributed by atoms with Gasteiger partial charge in [-0.1, -0.05) is 75.7 Å². The van der Waals surface area contributed by atoms with E-state index < -0.39 is 5.97 Å². The van der Waals surface area contributed by atoms with Crippen LogP contribution in [0.25, 0.3) is 6.08 Å². The van der Waals surface area contributed by atoms with Gasteiger partial charge in [-0.15, -0.1) is 0 Å². The van der Waals surface area contributed by atoms with Gasteiger partial charge >= 0.3 is 5.97 Å². The van der Waals surface area contributed by atoms with E-state index >= 15 is 0 Å². The van der Waals surface area contributed by atoms with Gasteiger partial charge in [-0.2, -0.15) is 0 Å². The van der Waals surface area contributed by atoms with E-state index in [1.165, 1.54) is 0 Å². The number of ether oxygens (including phenoxy) is 1. The number of hydrogen-bond acceptors (Lipinski definition) is 4. The van der Waals surface area contributed by atoms with E-state index in [-0.39, 0.29) is 0 Å². The van der Waals surface area contributed by atoms with Crippen molar-refractivity contribution in [3.63, 3.8) is 0 Å². The number of nitrogens with zero attached hydrogens (tertiary/aromatic N) is 1. The molecule has 4 nitrogen and oxygen atoms in total. The lowest BCUT2D eigenvalue weighted by Gasteiger charge is -2.07. The molecule has 4 rings (SSSR count). The number of hydrogen-bond donors (Lipinski definition) is 0. The Morgan fingerprint density at radius 2 is 1.75 bits per heavy atom. The van der Waals surface area contributed by atoms with Crippen LogP contribution in [0.3, 0.4) is 0 Å². The number of carbonyl (C=O) groups excluding carboxylic acids is 1. The maximum atomic E-state index is 12.1. The average molecular weight is 434 g/mol. The van der Waals surface area contributed by atoms with E-state index in [4.69, 9.17) is 9.57 Å². The largest absolute Gasteiger partial charge is 0.489 e. The van der Waals surface area contributed by atoms with Crippen LogP contribution in [0, 0.1) is 0 Å². The zero-order valence-electron chi connectivity index (χ0n) is 14.8. The first kappa shape index (κ1) is 18.2. The lowest BCUT2D eigenvalue weighted by molar-refractivity contribution is -0.136. The van der Waals surface area contributed by atoms with E-state index in [0.717, 1.165) is 26.9 Å². The molecule has 0 saturated heterocycles. The van der Waals surface area contributed by atoms with Crippen LogP contribution in [0.15, 0.2) is 94.1 Å². The summed E-state index contributed by atoms with van der Waals surface area (Å²) < 4.78 is 6.92. The first-order valence-electron chi connectivity index (χ1n) is 8.73. The van der Waals surface area contributed by atoms with Crippen LogP contribution in [0.5, 0.6) is 5.75 Å². The summed E-state index contributed by atoms with van der Waals surface area (Å²) in [6.45, 7) is 0.464. The molecule has 0 fully saturated rings. The van der Waals surface area contributed by atoms with Gasteiger partial charge in [0.05, 0.1) is 5.57 Å². The molecule has 1 aliphatic heterocycles. The zero-order valence-corrected chi connectivity index (χ0v) is 16.4. The quantitative estimate of drug-likeness (QED) is 0.401. The van der Waals surface area contributed by atoms with Gasteiger partial charge in [0.2, 0.25) is 0 Å². The van der Waals surface area contributed by atoms with Crippen LogP contribution in [0.2, 0.25) is 0 Å². The Balaban J connectivity index is 1.54. The van der Waals surface area contributed by atoms with Crippen LogP contribution < -0.4 is 4.74 Å². The summed E-state index contributed by atoms with van der Waals surface area (Å²) >= 11 is 3.42. The van der Waals surface area contributed by atoms with E-state index in [2.05, 4.69) is 21.1 Å². The lowest BCUT2D eigenvalue weighted by Crippen LogP contribution is -2.06. The second kappa shape index (κ2) is 8.23. The van der Waals surface area contributed by atoms with E-state index in [1.807, 2.05) is 78.9 Å². The lowest BCUT2D eigenvalue weighted by atomic mass is 10.0. The molecule has 1 aliphatic rings. The molecule has 0 amide bonds. The molecule has 0 bridgehead atoms. The average Bonchev–Trinajstić information content (AvgIpc) is 3.09. The molecule has 1 heterocycles. The Morgan fingerprint density at radius 1 is 0.964 bits per heavy atom. The van der Waals surface area contributed by atoms with Crippen LogP contribution in [0.1, 0.15) is 16.7 Å². The van der Waals surface area contributed by atoms with Gasteiger partial charge in [0.1, 0.15) is 18.1 Å². The number of halogens is 1. The summed E-state index contributed by atoms with van der Waals surface area (Å²) in [7, 11) is 0. The molecule has 0 spiro atoms. The molecule has 0 aromatic heterocycles. The topological polar surface area (TPSA) is 47.9 Å². The summed E-state index contributed by atoms with van der Waals surface area (Å²) in [4.78, 5) is 17.0. The predicted octanol–water partition coefficient (Wildman–Crippen LogP) is 5.37.